The van der Waals surface area contributed by atoms with Gasteiger partial charge in [0.05, 0.1) is 11.8 Å². The number of amides is 2. The lowest BCUT2D eigenvalue weighted by molar-refractivity contribution is -0.286. The number of aromatic nitrogens is 1. The van der Waals surface area contributed by atoms with Crippen molar-refractivity contribution in [3.8, 4) is 23.0 Å². The summed E-state index contributed by atoms with van der Waals surface area (Å²) >= 11 is 0. The summed E-state index contributed by atoms with van der Waals surface area (Å²) in [5, 5.41) is 11.6. The highest BCUT2D eigenvalue weighted by atomic mass is 19.4. The van der Waals surface area contributed by atoms with Crippen LogP contribution in [0.5, 0.6) is 23.0 Å². The van der Waals surface area contributed by atoms with Crippen molar-refractivity contribution < 1.29 is 50.9 Å². The van der Waals surface area contributed by atoms with E-state index in [9.17, 15) is 26.7 Å². The zero-order valence-corrected chi connectivity index (χ0v) is 20.8. The van der Waals surface area contributed by atoms with Crippen LogP contribution in [0.15, 0.2) is 36.7 Å². The van der Waals surface area contributed by atoms with E-state index in [2.05, 4.69) is 39.4 Å². The molecule has 1 aliphatic heterocycles. The lowest BCUT2D eigenvalue weighted by atomic mass is 9.58. The Hall–Kier alpha value is -3.84. The Bertz CT molecular complexity index is 1120. The topological polar surface area (TPSA) is 133 Å². The number of carbonyl (C=O) groups is 2. The summed E-state index contributed by atoms with van der Waals surface area (Å²) in [7, 11) is 0. The number of nitrogens with one attached hydrogen (secondary N) is 1. The maximum atomic E-state index is 13.0. The third-order valence-electron chi connectivity index (χ3n) is 5.51. The third-order valence-corrected chi connectivity index (χ3v) is 5.51. The molecule has 1 fully saturated rings. The lowest BCUT2D eigenvalue weighted by Crippen LogP contribution is -2.60. The smallest absolute Gasteiger partial charge is 0.506 e. The normalized spacial score (nSPS) is 17.4. The molecule has 4 N–H and O–H groups in total. The van der Waals surface area contributed by atoms with E-state index in [-0.39, 0.29) is 47.1 Å². The minimum absolute atomic E-state index is 0.0570. The van der Waals surface area contributed by atoms with Gasteiger partial charge >= 0.3 is 12.5 Å². The van der Waals surface area contributed by atoms with Crippen LogP contribution in [-0.4, -0.2) is 40.8 Å². The number of benzene rings is 1. The van der Waals surface area contributed by atoms with E-state index < -0.39 is 23.8 Å². The summed E-state index contributed by atoms with van der Waals surface area (Å²) in [6.07, 6.45) is -3.53. The number of hydrogen-bond donors (Lipinski definition) is 3. The van der Waals surface area contributed by atoms with Gasteiger partial charge in [-0.25, -0.2) is 0 Å². The van der Waals surface area contributed by atoms with Crippen molar-refractivity contribution in [2.24, 2.45) is 11.1 Å². The lowest BCUT2D eigenvalue weighted by Gasteiger charge is -2.53. The third kappa shape index (κ3) is 8.63. The minimum atomic E-state index is -4.44. The van der Waals surface area contributed by atoms with Crippen molar-refractivity contribution in [2.75, 3.05) is 6.61 Å². The molecule has 0 atom stereocenters. The van der Waals surface area contributed by atoms with Gasteiger partial charge in [0.25, 0.3) is 5.91 Å². The molecule has 0 saturated heterocycles. The van der Waals surface area contributed by atoms with Crippen molar-refractivity contribution in [2.45, 2.75) is 58.0 Å². The van der Waals surface area contributed by atoms with Crippen LogP contribution in [-0.2, 0) is 15.8 Å². The fourth-order valence-corrected chi connectivity index (χ4v) is 4.29. The van der Waals surface area contributed by atoms with E-state index in [0.717, 1.165) is 25.5 Å². The second kappa shape index (κ2) is 11.7. The molecule has 1 aromatic carbocycles. The van der Waals surface area contributed by atoms with Crippen LogP contribution in [0.2, 0.25) is 0 Å². The van der Waals surface area contributed by atoms with Gasteiger partial charge in [0.1, 0.15) is 11.5 Å². The Kier molecular flexibility index (Phi) is 9.35. The molecule has 2 amide bonds. The van der Waals surface area contributed by atoms with Crippen LogP contribution in [0, 0.1) is 5.41 Å². The molecule has 1 aromatic heterocycles. The van der Waals surface area contributed by atoms with Gasteiger partial charge in [-0.3, -0.25) is 14.6 Å². The number of rotatable bonds is 5. The maximum absolute atomic E-state index is 13.0. The largest absolute Gasteiger partial charge is 0.586 e. The number of nitrogens with zero attached hydrogens (tertiary/aromatic N) is 1. The highest BCUT2D eigenvalue weighted by Crippen LogP contribution is 2.49. The quantitative estimate of drug-likeness (QED) is 0.372. The number of primary amides is 1. The molecule has 4 rings (SSSR count). The van der Waals surface area contributed by atoms with Crippen molar-refractivity contribution in [3.05, 3.63) is 42.2 Å². The number of ether oxygens (including phenoxy) is 3. The maximum Gasteiger partial charge on any atom is 0.586 e. The van der Waals surface area contributed by atoms with E-state index in [0.29, 0.717) is 12.3 Å². The molecular formula is C24H28F5N3O6. The van der Waals surface area contributed by atoms with Crippen LogP contribution >= 0.6 is 0 Å². The SMILES string of the molecule is CCC1(NC(=O)COc2ccc3c(c2)OC(F)(F)O3)CC(C)(C)C1.NC=O.Oc1cncc(C(F)(F)F)c1. The number of carbonyl (C=O) groups excluding carboxylic acids is 2. The van der Waals surface area contributed by atoms with E-state index >= 15 is 0 Å². The fraction of sp³-hybridized carbons (Fsp3) is 0.458. The van der Waals surface area contributed by atoms with Crippen LogP contribution in [0.1, 0.15) is 45.6 Å². The van der Waals surface area contributed by atoms with Gasteiger partial charge in [-0.2, -0.15) is 13.2 Å². The highest BCUT2D eigenvalue weighted by molar-refractivity contribution is 5.78. The van der Waals surface area contributed by atoms with Crippen LogP contribution < -0.4 is 25.3 Å². The summed E-state index contributed by atoms with van der Waals surface area (Å²) < 4.78 is 75.4. The zero-order chi connectivity index (χ0) is 28.8. The zero-order valence-electron chi connectivity index (χ0n) is 20.8. The number of fused-ring (bicyclic) bond motifs is 1. The van der Waals surface area contributed by atoms with Crippen LogP contribution in [0.25, 0.3) is 0 Å². The Balaban J connectivity index is 0.000000302. The Morgan fingerprint density at radius 3 is 2.29 bits per heavy atom. The Morgan fingerprint density at radius 2 is 1.79 bits per heavy atom. The highest BCUT2D eigenvalue weighted by Gasteiger charge is 2.48. The summed E-state index contributed by atoms with van der Waals surface area (Å²) in [6, 6.07) is 4.68. The summed E-state index contributed by atoms with van der Waals surface area (Å²) in [6.45, 7) is 6.21. The number of alkyl halides is 5. The first-order valence-corrected chi connectivity index (χ1v) is 11.2. The predicted molar refractivity (Wildman–Crippen MR) is 123 cm³/mol. The second-order valence-electron chi connectivity index (χ2n) is 9.33. The molecule has 38 heavy (non-hydrogen) atoms. The van der Waals surface area contributed by atoms with Gasteiger partial charge < -0.3 is 30.4 Å². The molecule has 0 radical (unpaired) electrons. The summed E-state index contributed by atoms with van der Waals surface area (Å²) in [5.41, 5.74) is 3.30. The van der Waals surface area contributed by atoms with Crippen molar-refractivity contribution >= 4 is 12.3 Å². The van der Waals surface area contributed by atoms with E-state index in [1.807, 2.05) is 6.92 Å². The minimum Gasteiger partial charge on any atom is -0.506 e. The standard InChI is InChI=1S/C17H21F2NO4.C6H4F3NO.CH3NO/c1-4-16(9-15(2,3)10-16)20-14(21)8-22-11-5-6-12-13(7-11)24-17(18,19)23-12;7-6(8,9)4-1-5(11)3-10-2-4;2-1-3/h5-7H,4,8-10H2,1-3H3,(H,20,21);1-3,11H;1H,(H2,2,3). The molecule has 14 heteroatoms. The molecule has 210 valence electrons. The Labute approximate surface area is 215 Å². The molecule has 1 saturated carbocycles. The molecule has 2 aromatic rings. The van der Waals surface area contributed by atoms with Crippen molar-refractivity contribution in [1.82, 2.24) is 10.3 Å². The second-order valence-corrected chi connectivity index (χ2v) is 9.33. The molecule has 1 aliphatic carbocycles. The van der Waals surface area contributed by atoms with Crippen molar-refractivity contribution in [3.63, 3.8) is 0 Å². The first kappa shape index (κ1) is 30.4. The van der Waals surface area contributed by atoms with Gasteiger partial charge in [-0.15, -0.1) is 8.78 Å². The molecule has 2 aliphatic rings. The molecule has 0 bridgehead atoms. The van der Waals surface area contributed by atoms with Gasteiger partial charge in [0.15, 0.2) is 18.1 Å². The number of halogens is 5. The van der Waals surface area contributed by atoms with Gasteiger partial charge in [0.2, 0.25) is 6.41 Å². The van der Waals surface area contributed by atoms with Crippen molar-refractivity contribution in [1.29, 1.82) is 0 Å². The average molecular weight is 549 g/mol. The fourth-order valence-electron chi connectivity index (χ4n) is 4.29. The molecule has 0 spiro atoms. The molecule has 2 heterocycles. The molecule has 0 unspecified atom stereocenters. The summed E-state index contributed by atoms with van der Waals surface area (Å²) in [4.78, 5) is 23.9. The van der Waals surface area contributed by atoms with Gasteiger partial charge in [-0.1, -0.05) is 20.8 Å². The number of hydrogen-bond acceptors (Lipinski definition) is 7. The Morgan fingerprint density at radius 1 is 1.18 bits per heavy atom. The molecular weight excluding hydrogens is 521 g/mol. The van der Waals surface area contributed by atoms with E-state index in [4.69, 9.17) is 14.6 Å². The van der Waals surface area contributed by atoms with Gasteiger partial charge in [-0.05, 0) is 42.9 Å². The van der Waals surface area contributed by atoms with Crippen LogP contribution in [0.4, 0.5) is 22.0 Å². The number of aromatic hydroxyl groups is 1. The molecule has 9 nitrogen and oxygen atoms in total. The first-order chi connectivity index (χ1) is 17.5. The van der Waals surface area contributed by atoms with E-state index in [1.165, 1.54) is 18.2 Å². The predicted octanol–water partition coefficient (Wildman–Crippen LogP) is 4.38. The first-order valence-electron chi connectivity index (χ1n) is 11.2. The average Bonchev–Trinajstić information content (AvgIpc) is 3.09. The van der Waals surface area contributed by atoms with E-state index in [1.54, 1.807) is 0 Å². The van der Waals surface area contributed by atoms with Crippen LogP contribution in [0.3, 0.4) is 0 Å². The number of pyridine rings is 1. The summed E-state index contributed by atoms with van der Waals surface area (Å²) in [5.74, 6) is -0.609. The monoisotopic (exact) mass is 549 g/mol. The number of nitrogens with two attached hydrogens (primary N) is 1. The van der Waals surface area contributed by atoms with Gasteiger partial charge in [0, 0.05) is 17.8 Å².